The predicted molar refractivity (Wildman–Crippen MR) is 82.2 cm³/mol. The molecule has 2 nitrogen and oxygen atoms in total. The fourth-order valence-corrected chi connectivity index (χ4v) is 4.28. The van der Waals surface area contributed by atoms with Gasteiger partial charge in [0.2, 0.25) is 0 Å². The number of thiazole rings is 1. The van der Waals surface area contributed by atoms with Crippen molar-refractivity contribution in [1.29, 1.82) is 0 Å². The molecule has 1 aliphatic carbocycles. The van der Waals surface area contributed by atoms with Crippen molar-refractivity contribution in [3.05, 3.63) is 44.9 Å². The molecule has 1 aliphatic rings. The zero-order chi connectivity index (χ0) is 13.5. The van der Waals surface area contributed by atoms with Gasteiger partial charge in [-0.25, -0.2) is 4.98 Å². The van der Waals surface area contributed by atoms with Gasteiger partial charge in [-0.05, 0) is 30.5 Å². The predicted octanol–water partition coefficient (Wildman–Crippen LogP) is 4.89. The first-order valence-corrected chi connectivity index (χ1v) is 7.92. The molecule has 0 bridgehead atoms. The van der Waals surface area contributed by atoms with Crippen LogP contribution in [-0.4, -0.2) is 4.98 Å². The molecule has 0 amide bonds. The first-order valence-electron chi connectivity index (χ1n) is 6.29. The van der Waals surface area contributed by atoms with Gasteiger partial charge in [-0.1, -0.05) is 42.1 Å². The quantitative estimate of drug-likeness (QED) is 0.857. The number of anilines is 1. The Morgan fingerprint density at radius 3 is 2.53 bits per heavy atom. The van der Waals surface area contributed by atoms with E-state index in [1.807, 2.05) is 18.2 Å². The smallest absolute Gasteiger partial charge is 0.180 e. The zero-order valence-corrected chi connectivity index (χ0v) is 12.7. The van der Waals surface area contributed by atoms with E-state index in [-0.39, 0.29) is 5.41 Å². The molecule has 19 heavy (non-hydrogen) atoms. The van der Waals surface area contributed by atoms with Gasteiger partial charge in [0.05, 0.1) is 5.69 Å². The highest BCUT2D eigenvalue weighted by Crippen LogP contribution is 2.49. The lowest BCUT2D eigenvalue weighted by Gasteiger charge is -2.29. The van der Waals surface area contributed by atoms with Gasteiger partial charge in [0.25, 0.3) is 0 Å². The molecule has 100 valence electrons. The highest BCUT2D eigenvalue weighted by atomic mass is 35.5. The lowest BCUT2D eigenvalue weighted by atomic mass is 9.76. The summed E-state index contributed by atoms with van der Waals surface area (Å²) in [4.78, 5) is 4.51. The number of nitrogens with two attached hydrogens (primary N) is 1. The van der Waals surface area contributed by atoms with E-state index >= 15 is 0 Å². The standard InChI is InChI=1S/C14H14Cl2N2S/c15-9-3-4-10(11(16)7-9)14(5-1-2-6-14)12-8-19-13(17)18-12/h3-4,7-8H,1-2,5-6H2,(H2,17,18). The van der Waals surface area contributed by atoms with Gasteiger partial charge in [0.15, 0.2) is 5.13 Å². The summed E-state index contributed by atoms with van der Waals surface area (Å²) in [6.07, 6.45) is 4.52. The Morgan fingerprint density at radius 2 is 1.95 bits per heavy atom. The van der Waals surface area contributed by atoms with E-state index in [1.54, 1.807) is 0 Å². The normalized spacial score (nSPS) is 17.8. The van der Waals surface area contributed by atoms with Gasteiger partial charge in [0, 0.05) is 20.8 Å². The van der Waals surface area contributed by atoms with Crippen LogP contribution in [0, 0.1) is 0 Å². The van der Waals surface area contributed by atoms with Crippen molar-refractivity contribution < 1.29 is 0 Å². The molecule has 3 rings (SSSR count). The molecule has 1 saturated carbocycles. The second-order valence-electron chi connectivity index (χ2n) is 4.98. The van der Waals surface area contributed by atoms with Crippen molar-refractivity contribution in [3.63, 3.8) is 0 Å². The van der Waals surface area contributed by atoms with E-state index in [4.69, 9.17) is 28.9 Å². The number of nitrogens with zero attached hydrogens (tertiary/aromatic N) is 1. The molecule has 0 spiro atoms. The van der Waals surface area contributed by atoms with E-state index in [9.17, 15) is 0 Å². The molecule has 1 aromatic heterocycles. The van der Waals surface area contributed by atoms with E-state index in [0.29, 0.717) is 10.2 Å². The Morgan fingerprint density at radius 1 is 1.21 bits per heavy atom. The molecule has 5 heteroatoms. The maximum atomic E-state index is 6.42. The first-order chi connectivity index (χ1) is 9.12. The van der Waals surface area contributed by atoms with E-state index in [0.717, 1.165) is 29.1 Å². The first kappa shape index (κ1) is 13.2. The number of nitrogen functional groups attached to an aromatic ring is 1. The van der Waals surface area contributed by atoms with Gasteiger partial charge in [-0.15, -0.1) is 11.3 Å². The molecule has 0 aliphatic heterocycles. The molecular formula is C14H14Cl2N2S. The van der Waals surface area contributed by atoms with Crippen LogP contribution in [0.25, 0.3) is 0 Å². The highest BCUT2D eigenvalue weighted by Gasteiger charge is 2.40. The minimum Gasteiger partial charge on any atom is -0.375 e. The van der Waals surface area contributed by atoms with Crippen molar-refractivity contribution in [2.24, 2.45) is 0 Å². The van der Waals surface area contributed by atoms with Crippen molar-refractivity contribution in [2.75, 3.05) is 5.73 Å². The summed E-state index contributed by atoms with van der Waals surface area (Å²) < 4.78 is 0. The van der Waals surface area contributed by atoms with Crippen molar-refractivity contribution in [1.82, 2.24) is 4.98 Å². The maximum absolute atomic E-state index is 6.42. The lowest BCUT2D eigenvalue weighted by Crippen LogP contribution is -2.24. The average Bonchev–Trinajstić information content (AvgIpc) is 2.98. The molecule has 0 saturated heterocycles. The molecule has 1 heterocycles. The molecule has 0 unspecified atom stereocenters. The van der Waals surface area contributed by atoms with Crippen molar-refractivity contribution >= 4 is 39.7 Å². The average molecular weight is 313 g/mol. The van der Waals surface area contributed by atoms with Crippen LogP contribution in [0.5, 0.6) is 0 Å². The van der Waals surface area contributed by atoms with Crippen LogP contribution in [0.2, 0.25) is 10.0 Å². The number of rotatable bonds is 2. The van der Waals surface area contributed by atoms with Crippen LogP contribution < -0.4 is 5.73 Å². The van der Waals surface area contributed by atoms with Gasteiger partial charge in [0.1, 0.15) is 0 Å². The summed E-state index contributed by atoms with van der Waals surface area (Å²) in [5, 5.41) is 4.07. The fraction of sp³-hybridized carbons (Fsp3) is 0.357. The Hall–Kier alpha value is -0.770. The van der Waals surface area contributed by atoms with Crippen molar-refractivity contribution in [3.8, 4) is 0 Å². The van der Waals surface area contributed by atoms with E-state index < -0.39 is 0 Å². The number of hydrogen-bond donors (Lipinski definition) is 1. The lowest BCUT2D eigenvalue weighted by molar-refractivity contribution is 0.522. The van der Waals surface area contributed by atoms with Crippen LogP contribution in [-0.2, 0) is 5.41 Å². The van der Waals surface area contributed by atoms with Crippen molar-refractivity contribution in [2.45, 2.75) is 31.1 Å². The van der Waals surface area contributed by atoms with Crippen LogP contribution in [0.3, 0.4) is 0 Å². The molecule has 1 fully saturated rings. The molecule has 1 aromatic carbocycles. The van der Waals surface area contributed by atoms with Gasteiger partial charge >= 0.3 is 0 Å². The van der Waals surface area contributed by atoms with Crippen LogP contribution >= 0.6 is 34.5 Å². The molecule has 2 N–H and O–H groups in total. The minimum atomic E-state index is -0.0875. The Labute approximate surface area is 126 Å². The number of aromatic nitrogens is 1. The van der Waals surface area contributed by atoms with Crippen LogP contribution in [0.15, 0.2) is 23.6 Å². The summed E-state index contributed by atoms with van der Waals surface area (Å²) in [6, 6.07) is 5.75. The topological polar surface area (TPSA) is 38.9 Å². The second kappa shape index (κ2) is 4.97. The summed E-state index contributed by atoms with van der Waals surface area (Å²) in [7, 11) is 0. The van der Waals surface area contributed by atoms with E-state index in [1.165, 1.54) is 24.2 Å². The largest absolute Gasteiger partial charge is 0.375 e. The Bertz CT molecular complexity index is 603. The third-order valence-electron chi connectivity index (χ3n) is 3.92. The van der Waals surface area contributed by atoms with Gasteiger partial charge in [-0.3, -0.25) is 0 Å². The number of benzene rings is 1. The second-order valence-corrected chi connectivity index (χ2v) is 6.72. The van der Waals surface area contributed by atoms with Crippen LogP contribution in [0.1, 0.15) is 36.9 Å². The number of halogens is 2. The third kappa shape index (κ3) is 2.24. The SMILES string of the molecule is Nc1nc(C2(c3ccc(Cl)cc3Cl)CCCC2)cs1. The monoisotopic (exact) mass is 312 g/mol. The molecule has 0 atom stereocenters. The zero-order valence-electron chi connectivity index (χ0n) is 10.3. The molecular weight excluding hydrogens is 299 g/mol. The highest BCUT2D eigenvalue weighted by molar-refractivity contribution is 7.13. The number of hydrogen-bond acceptors (Lipinski definition) is 3. The minimum absolute atomic E-state index is 0.0875. The summed E-state index contributed by atoms with van der Waals surface area (Å²) in [5.41, 5.74) is 7.89. The van der Waals surface area contributed by atoms with Gasteiger partial charge < -0.3 is 5.73 Å². The maximum Gasteiger partial charge on any atom is 0.180 e. The summed E-state index contributed by atoms with van der Waals surface area (Å²) >= 11 is 13.9. The summed E-state index contributed by atoms with van der Waals surface area (Å²) in [5.74, 6) is 0. The molecule has 0 radical (unpaired) electrons. The Balaban J connectivity index is 2.15. The fourth-order valence-electron chi connectivity index (χ4n) is 3.03. The molecule has 2 aromatic rings. The Kier molecular flexibility index (Phi) is 3.46. The van der Waals surface area contributed by atoms with E-state index in [2.05, 4.69) is 10.4 Å². The summed E-state index contributed by atoms with van der Waals surface area (Å²) in [6.45, 7) is 0. The third-order valence-corrected chi connectivity index (χ3v) is 5.14. The van der Waals surface area contributed by atoms with Gasteiger partial charge in [-0.2, -0.15) is 0 Å². The van der Waals surface area contributed by atoms with Crippen LogP contribution in [0.4, 0.5) is 5.13 Å².